The number of amides is 1. The summed E-state index contributed by atoms with van der Waals surface area (Å²) in [5, 5.41) is 2.66. The van der Waals surface area contributed by atoms with Crippen LogP contribution in [0.2, 0.25) is 0 Å². The highest BCUT2D eigenvalue weighted by atomic mass is 32.2. The number of thiocarbonyl (C=S) groups is 1. The van der Waals surface area contributed by atoms with Crippen LogP contribution in [0.3, 0.4) is 0 Å². The number of nitrogens with zero attached hydrogens (tertiary/aromatic N) is 1. The summed E-state index contributed by atoms with van der Waals surface area (Å²) in [7, 11) is -3.44. The minimum Gasteiger partial charge on any atom is -0.389 e. The molecule has 3 N–H and O–H groups in total. The average Bonchev–Trinajstić information content (AvgIpc) is 2.64. The number of nitrogens with two attached hydrogens (primary N) is 1. The van der Waals surface area contributed by atoms with Crippen LogP contribution in [-0.2, 0) is 20.6 Å². The van der Waals surface area contributed by atoms with E-state index in [1.165, 1.54) is 4.31 Å². The summed E-state index contributed by atoms with van der Waals surface area (Å²) in [5.74, 6) is -0.216. The SMILES string of the molecule is NC(=S)c1ccc(CS(=O)(=O)N2CCNC(=O)CC2)cc1. The van der Waals surface area contributed by atoms with E-state index < -0.39 is 10.0 Å². The molecule has 6 nitrogen and oxygen atoms in total. The molecule has 0 aliphatic carbocycles. The molecular formula is C13H17N3O3S2. The molecule has 1 aromatic carbocycles. The molecule has 0 bridgehead atoms. The fraction of sp³-hybridized carbons (Fsp3) is 0.385. The molecule has 0 spiro atoms. The molecule has 0 saturated carbocycles. The third-order valence-electron chi connectivity index (χ3n) is 3.25. The van der Waals surface area contributed by atoms with Crippen LogP contribution in [-0.4, -0.2) is 43.3 Å². The molecule has 0 radical (unpaired) electrons. The van der Waals surface area contributed by atoms with Crippen LogP contribution in [0.5, 0.6) is 0 Å². The Morgan fingerprint density at radius 2 is 1.95 bits per heavy atom. The van der Waals surface area contributed by atoms with Crippen LogP contribution >= 0.6 is 12.2 Å². The third kappa shape index (κ3) is 4.23. The Balaban J connectivity index is 2.09. The Kier molecular flexibility index (Phi) is 4.92. The Bertz CT molecular complexity index is 641. The maximum atomic E-state index is 12.4. The van der Waals surface area contributed by atoms with Crippen molar-refractivity contribution >= 4 is 33.1 Å². The van der Waals surface area contributed by atoms with Gasteiger partial charge in [-0.3, -0.25) is 4.79 Å². The molecule has 21 heavy (non-hydrogen) atoms. The van der Waals surface area contributed by atoms with E-state index in [1.807, 2.05) is 0 Å². The highest BCUT2D eigenvalue weighted by Gasteiger charge is 2.25. The van der Waals surface area contributed by atoms with Crippen LogP contribution in [0.15, 0.2) is 24.3 Å². The number of nitrogens with one attached hydrogen (secondary N) is 1. The van der Waals surface area contributed by atoms with E-state index in [2.05, 4.69) is 5.32 Å². The lowest BCUT2D eigenvalue weighted by Gasteiger charge is -2.19. The van der Waals surface area contributed by atoms with Crippen molar-refractivity contribution in [1.29, 1.82) is 0 Å². The second-order valence-corrected chi connectivity index (χ2v) is 7.23. The predicted molar refractivity (Wildman–Crippen MR) is 84.2 cm³/mol. The molecule has 1 heterocycles. The van der Waals surface area contributed by atoms with Gasteiger partial charge < -0.3 is 11.1 Å². The van der Waals surface area contributed by atoms with Crippen LogP contribution in [0.4, 0.5) is 0 Å². The molecule has 114 valence electrons. The minimum atomic E-state index is -3.44. The largest absolute Gasteiger partial charge is 0.389 e. The van der Waals surface area contributed by atoms with Crippen LogP contribution in [0, 0.1) is 0 Å². The second kappa shape index (κ2) is 6.50. The molecule has 1 aliphatic rings. The second-order valence-electron chi connectivity index (χ2n) is 4.82. The lowest BCUT2D eigenvalue weighted by molar-refractivity contribution is -0.120. The topological polar surface area (TPSA) is 92.5 Å². The number of hydrogen-bond acceptors (Lipinski definition) is 4. The summed E-state index contributed by atoms with van der Waals surface area (Å²) in [5.41, 5.74) is 6.87. The first-order valence-corrected chi connectivity index (χ1v) is 8.53. The Hall–Kier alpha value is -1.51. The average molecular weight is 327 g/mol. The minimum absolute atomic E-state index is 0.0984. The molecule has 1 fully saturated rings. The van der Waals surface area contributed by atoms with Crippen molar-refractivity contribution in [3.63, 3.8) is 0 Å². The van der Waals surface area contributed by atoms with E-state index in [0.29, 0.717) is 24.2 Å². The molecule has 1 saturated heterocycles. The van der Waals surface area contributed by atoms with Gasteiger partial charge in [0.05, 0.1) is 5.75 Å². The normalized spacial score (nSPS) is 17.0. The van der Waals surface area contributed by atoms with Crippen molar-refractivity contribution in [2.75, 3.05) is 19.6 Å². The zero-order chi connectivity index (χ0) is 15.5. The van der Waals surface area contributed by atoms with E-state index in [-0.39, 0.29) is 29.6 Å². The summed E-state index contributed by atoms with van der Waals surface area (Å²) >= 11 is 4.86. The fourth-order valence-corrected chi connectivity index (χ4v) is 3.76. The van der Waals surface area contributed by atoms with Gasteiger partial charge in [0.1, 0.15) is 4.99 Å². The number of hydrogen-bond donors (Lipinski definition) is 2. The van der Waals surface area contributed by atoms with Gasteiger partial charge in [0.25, 0.3) is 0 Å². The highest BCUT2D eigenvalue weighted by Crippen LogP contribution is 2.13. The van der Waals surface area contributed by atoms with Crippen molar-refractivity contribution in [2.24, 2.45) is 5.73 Å². The molecular weight excluding hydrogens is 310 g/mol. The summed E-state index contributed by atoms with van der Waals surface area (Å²) in [6.07, 6.45) is 0.194. The van der Waals surface area contributed by atoms with Gasteiger partial charge in [0.15, 0.2) is 0 Å². The number of sulfonamides is 1. The molecule has 0 unspecified atom stereocenters. The smallest absolute Gasteiger partial charge is 0.221 e. The lowest BCUT2D eigenvalue weighted by Crippen LogP contribution is -2.35. The summed E-state index contributed by atoms with van der Waals surface area (Å²) in [6.45, 7) is 0.872. The van der Waals surface area contributed by atoms with Crippen molar-refractivity contribution in [3.8, 4) is 0 Å². The highest BCUT2D eigenvalue weighted by molar-refractivity contribution is 7.88. The first kappa shape index (κ1) is 15.9. The van der Waals surface area contributed by atoms with Gasteiger partial charge >= 0.3 is 0 Å². The first-order valence-electron chi connectivity index (χ1n) is 6.52. The molecule has 8 heteroatoms. The first-order chi connectivity index (χ1) is 9.88. The number of carbonyl (C=O) groups is 1. The van der Waals surface area contributed by atoms with E-state index in [4.69, 9.17) is 18.0 Å². The number of benzene rings is 1. The fourth-order valence-electron chi connectivity index (χ4n) is 2.09. The molecule has 0 aromatic heterocycles. The zero-order valence-corrected chi connectivity index (χ0v) is 13.0. The van der Waals surface area contributed by atoms with Gasteiger partial charge in [-0.05, 0) is 5.56 Å². The molecule has 0 atom stereocenters. The number of carbonyl (C=O) groups excluding carboxylic acids is 1. The van der Waals surface area contributed by atoms with Crippen molar-refractivity contribution in [1.82, 2.24) is 9.62 Å². The van der Waals surface area contributed by atoms with Crippen molar-refractivity contribution < 1.29 is 13.2 Å². The van der Waals surface area contributed by atoms with E-state index in [1.54, 1.807) is 24.3 Å². The summed E-state index contributed by atoms with van der Waals surface area (Å²) < 4.78 is 26.1. The standard InChI is InChI=1S/C13H17N3O3S2/c14-13(20)11-3-1-10(2-4-11)9-21(18,19)16-7-5-12(17)15-6-8-16/h1-4H,5-9H2,(H2,14,20)(H,15,17). The number of rotatable bonds is 4. The Morgan fingerprint density at radius 3 is 2.57 bits per heavy atom. The van der Waals surface area contributed by atoms with Gasteiger partial charge in [0, 0.05) is 31.6 Å². The third-order valence-corrected chi connectivity index (χ3v) is 5.34. The molecule has 1 aliphatic heterocycles. The van der Waals surface area contributed by atoms with Gasteiger partial charge in [0.2, 0.25) is 15.9 Å². The van der Waals surface area contributed by atoms with Gasteiger partial charge in [-0.1, -0.05) is 36.5 Å². The lowest BCUT2D eigenvalue weighted by atomic mass is 10.1. The molecule has 1 aromatic rings. The van der Waals surface area contributed by atoms with E-state index in [9.17, 15) is 13.2 Å². The van der Waals surface area contributed by atoms with Gasteiger partial charge in [-0.25, -0.2) is 8.42 Å². The van der Waals surface area contributed by atoms with Crippen molar-refractivity contribution in [2.45, 2.75) is 12.2 Å². The summed E-state index contributed by atoms with van der Waals surface area (Å²) in [6, 6.07) is 6.82. The Labute approximate surface area is 129 Å². The van der Waals surface area contributed by atoms with Crippen LogP contribution in [0.25, 0.3) is 0 Å². The molecule has 2 rings (SSSR count). The maximum absolute atomic E-state index is 12.4. The molecule has 1 amide bonds. The van der Waals surface area contributed by atoms with Gasteiger partial charge in [-0.2, -0.15) is 4.31 Å². The summed E-state index contributed by atoms with van der Waals surface area (Å²) in [4.78, 5) is 11.5. The van der Waals surface area contributed by atoms with Gasteiger partial charge in [-0.15, -0.1) is 0 Å². The Morgan fingerprint density at radius 1 is 1.29 bits per heavy atom. The maximum Gasteiger partial charge on any atom is 0.221 e. The quantitative estimate of drug-likeness (QED) is 0.758. The van der Waals surface area contributed by atoms with Crippen LogP contribution < -0.4 is 11.1 Å². The predicted octanol–water partition coefficient (Wildman–Crippen LogP) is -0.0275. The monoisotopic (exact) mass is 327 g/mol. The van der Waals surface area contributed by atoms with Crippen molar-refractivity contribution in [3.05, 3.63) is 35.4 Å². The zero-order valence-electron chi connectivity index (χ0n) is 11.4. The van der Waals surface area contributed by atoms with E-state index in [0.717, 1.165) is 0 Å². The van der Waals surface area contributed by atoms with Crippen LogP contribution in [0.1, 0.15) is 17.5 Å². The van der Waals surface area contributed by atoms with E-state index >= 15 is 0 Å².